The summed E-state index contributed by atoms with van der Waals surface area (Å²) in [7, 11) is 4.16. The molecule has 1 fully saturated rings. The number of hydrogen-bond acceptors (Lipinski definition) is 5. The molecule has 0 N–H and O–H groups in total. The van der Waals surface area contributed by atoms with Crippen molar-refractivity contribution in [2.45, 2.75) is 13.0 Å². The van der Waals surface area contributed by atoms with E-state index in [1.54, 1.807) is 0 Å². The van der Waals surface area contributed by atoms with Gasteiger partial charge in [-0.25, -0.2) is 0 Å². The van der Waals surface area contributed by atoms with Crippen LogP contribution in [0.5, 0.6) is 0 Å². The van der Waals surface area contributed by atoms with E-state index < -0.39 is 0 Å². The molecule has 0 bridgehead atoms. The van der Waals surface area contributed by atoms with Crippen LogP contribution in [0.15, 0.2) is 0 Å². The largest absolute Gasteiger partial charge is 0.352 e. The maximum Gasteiger partial charge on any atom is 0.245 e. The third-order valence-corrected chi connectivity index (χ3v) is 3.54. The van der Waals surface area contributed by atoms with Gasteiger partial charge in [-0.05, 0) is 31.6 Å². The molecule has 1 aliphatic rings. The highest BCUT2D eigenvalue weighted by Gasteiger charge is 2.33. The molecule has 0 saturated carbocycles. The summed E-state index contributed by atoms with van der Waals surface area (Å²) in [5, 5.41) is 7.84. The van der Waals surface area contributed by atoms with E-state index in [1.165, 1.54) is 0 Å². The summed E-state index contributed by atoms with van der Waals surface area (Å²) in [5.41, 5.74) is 0. The van der Waals surface area contributed by atoms with Gasteiger partial charge in [-0.3, -0.25) is 0 Å². The van der Waals surface area contributed by atoms with E-state index in [1.807, 2.05) is 0 Å². The molecule has 0 radical (unpaired) electrons. The van der Waals surface area contributed by atoms with Crippen LogP contribution in [0, 0.1) is 5.92 Å². The number of hydrogen-bond donors (Lipinski definition) is 0. The van der Waals surface area contributed by atoms with Gasteiger partial charge < -0.3 is 9.80 Å². The molecular weight excluding hydrogens is 261 g/mol. The molecule has 2 atom stereocenters. The lowest BCUT2D eigenvalue weighted by Gasteiger charge is -2.22. The predicted octanol–water partition coefficient (Wildman–Crippen LogP) is 1.56. The van der Waals surface area contributed by atoms with Gasteiger partial charge in [0, 0.05) is 19.1 Å². The number of halogens is 2. The van der Waals surface area contributed by atoms with Crippen molar-refractivity contribution < 1.29 is 0 Å². The molecular formula is C10H15Cl2N5. The normalized spacial score (nSPS) is 24.7. The highest BCUT2D eigenvalue weighted by Crippen LogP contribution is 2.28. The van der Waals surface area contributed by atoms with Gasteiger partial charge in [0.05, 0.1) is 0 Å². The smallest absolute Gasteiger partial charge is 0.245 e. The zero-order valence-corrected chi connectivity index (χ0v) is 11.6. The van der Waals surface area contributed by atoms with E-state index in [-0.39, 0.29) is 5.28 Å². The highest BCUT2D eigenvalue weighted by molar-refractivity contribution is 6.32. The zero-order valence-electron chi connectivity index (χ0n) is 10.1. The molecule has 2 rings (SSSR count). The average Bonchev–Trinajstić information content (AvgIpc) is 2.64. The van der Waals surface area contributed by atoms with Crippen molar-refractivity contribution in [1.82, 2.24) is 20.1 Å². The first kappa shape index (κ1) is 12.8. The standard InChI is InChI=1S/C10H15Cl2N5/c1-6-4-17(5-7(6)16(2)3)9-8(11)14-15-10(12)13-9/h6-7H,4-5H2,1-3H3. The molecule has 0 amide bonds. The van der Waals surface area contributed by atoms with Crippen LogP contribution < -0.4 is 4.90 Å². The van der Waals surface area contributed by atoms with Gasteiger partial charge in [-0.1, -0.05) is 18.5 Å². The minimum Gasteiger partial charge on any atom is -0.352 e. The van der Waals surface area contributed by atoms with Crippen molar-refractivity contribution in [3.8, 4) is 0 Å². The molecule has 2 unspecified atom stereocenters. The molecule has 2 heterocycles. The van der Waals surface area contributed by atoms with Crippen LogP contribution in [-0.2, 0) is 0 Å². The summed E-state index contributed by atoms with van der Waals surface area (Å²) in [4.78, 5) is 8.48. The first-order valence-corrected chi connectivity index (χ1v) is 6.21. The Hall–Kier alpha value is -0.650. The van der Waals surface area contributed by atoms with Gasteiger partial charge in [-0.15, -0.1) is 10.2 Å². The van der Waals surface area contributed by atoms with Crippen molar-refractivity contribution in [1.29, 1.82) is 0 Å². The number of rotatable bonds is 2. The molecule has 5 nitrogen and oxygen atoms in total. The van der Waals surface area contributed by atoms with Gasteiger partial charge in [0.1, 0.15) is 0 Å². The Morgan fingerprint density at radius 2 is 1.94 bits per heavy atom. The topological polar surface area (TPSA) is 45.2 Å². The van der Waals surface area contributed by atoms with Gasteiger partial charge in [0.2, 0.25) is 5.28 Å². The minimum atomic E-state index is 0.130. The summed E-state index contributed by atoms with van der Waals surface area (Å²) >= 11 is 11.8. The van der Waals surface area contributed by atoms with E-state index in [2.05, 4.69) is 46.0 Å². The van der Waals surface area contributed by atoms with E-state index >= 15 is 0 Å². The molecule has 1 saturated heterocycles. The summed E-state index contributed by atoms with van der Waals surface area (Å²) in [6, 6.07) is 0.486. The number of nitrogens with zero attached hydrogens (tertiary/aromatic N) is 5. The van der Waals surface area contributed by atoms with E-state index in [9.17, 15) is 0 Å². The van der Waals surface area contributed by atoms with Crippen LogP contribution in [-0.4, -0.2) is 53.3 Å². The fourth-order valence-electron chi connectivity index (χ4n) is 2.28. The second kappa shape index (κ2) is 4.92. The fourth-order valence-corrected chi connectivity index (χ4v) is 2.60. The lowest BCUT2D eigenvalue weighted by Crippen LogP contribution is -2.34. The zero-order chi connectivity index (χ0) is 12.6. The number of likely N-dealkylation sites (N-methyl/N-ethyl adjacent to an activating group) is 1. The maximum absolute atomic E-state index is 6.00. The van der Waals surface area contributed by atoms with Crippen molar-refractivity contribution in [2.75, 3.05) is 32.1 Å². The molecule has 0 spiro atoms. The minimum absolute atomic E-state index is 0.130. The summed E-state index contributed by atoms with van der Waals surface area (Å²) < 4.78 is 0. The Morgan fingerprint density at radius 3 is 2.53 bits per heavy atom. The van der Waals surface area contributed by atoms with Gasteiger partial charge in [0.15, 0.2) is 11.0 Å². The second-order valence-electron chi connectivity index (χ2n) is 4.61. The Labute approximate surface area is 111 Å². The molecule has 0 aromatic carbocycles. The Morgan fingerprint density at radius 1 is 1.24 bits per heavy atom. The van der Waals surface area contributed by atoms with Crippen molar-refractivity contribution in [3.05, 3.63) is 10.4 Å². The lowest BCUT2D eigenvalue weighted by atomic mass is 10.1. The predicted molar refractivity (Wildman–Crippen MR) is 68.7 cm³/mol. The summed E-state index contributed by atoms with van der Waals surface area (Å²) in [6.07, 6.45) is 0. The SMILES string of the molecule is CC1CN(c2nc(Cl)nnc2Cl)CC1N(C)C. The third kappa shape index (κ3) is 2.61. The Kier molecular flexibility index (Phi) is 3.70. The van der Waals surface area contributed by atoms with Crippen molar-refractivity contribution >= 4 is 29.0 Å². The Bertz CT molecular complexity index is 412. The van der Waals surface area contributed by atoms with E-state index in [0.29, 0.717) is 22.9 Å². The van der Waals surface area contributed by atoms with E-state index in [0.717, 1.165) is 13.1 Å². The van der Waals surface area contributed by atoms with Gasteiger partial charge in [-0.2, -0.15) is 4.98 Å². The number of aromatic nitrogens is 3. The summed E-state index contributed by atoms with van der Waals surface area (Å²) in [5.74, 6) is 1.18. The summed E-state index contributed by atoms with van der Waals surface area (Å²) in [6.45, 7) is 4.00. The average molecular weight is 276 g/mol. The number of anilines is 1. The molecule has 1 aromatic rings. The quantitative estimate of drug-likeness (QED) is 0.820. The van der Waals surface area contributed by atoms with Crippen LogP contribution in [0.4, 0.5) is 5.82 Å². The molecule has 1 aromatic heterocycles. The first-order valence-electron chi connectivity index (χ1n) is 5.46. The monoisotopic (exact) mass is 275 g/mol. The molecule has 0 aliphatic carbocycles. The van der Waals surface area contributed by atoms with Crippen LogP contribution >= 0.6 is 23.2 Å². The molecule has 94 valence electrons. The second-order valence-corrected chi connectivity index (χ2v) is 5.30. The van der Waals surface area contributed by atoms with Crippen LogP contribution in [0.1, 0.15) is 6.92 Å². The van der Waals surface area contributed by atoms with Crippen LogP contribution in [0.3, 0.4) is 0 Å². The van der Waals surface area contributed by atoms with Crippen molar-refractivity contribution in [3.63, 3.8) is 0 Å². The lowest BCUT2D eigenvalue weighted by molar-refractivity contribution is 0.266. The highest BCUT2D eigenvalue weighted by atomic mass is 35.5. The Balaban J connectivity index is 2.22. The molecule has 1 aliphatic heterocycles. The van der Waals surface area contributed by atoms with Crippen LogP contribution in [0.2, 0.25) is 10.4 Å². The molecule has 7 heteroatoms. The first-order chi connectivity index (χ1) is 7.99. The molecule has 17 heavy (non-hydrogen) atoms. The van der Waals surface area contributed by atoms with E-state index in [4.69, 9.17) is 23.2 Å². The van der Waals surface area contributed by atoms with Gasteiger partial charge >= 0.3 is 0 Å². The van der Waals surface area contributed by atoms with Gasteiger partial charge in [0.25, 0.3) is 0 Å². The fraction of sp³-hybridized carbons (Fsp3) is 0.700. The third-order valence-electron chi connectivity index (χ3n) is 3.14. The maximum atomic E-state index is 6.00. The van der Waals surface area contributed by atoms with Crippen LogP contribution in [0.25, 0.3) is 0 Å². The van der Waals surface area contributed by atoms with Crippen molar-refractivity contribution in [2.24, 2.45) is 5.92 Å².